The summed E-state index contributed by atoms with van der Waals surface area (Å²) in [6.45, 7) is 1.39. The van der Waals surface area contributed by atoms with Crippen LogP contribution in [0.25, 0.3) is 21.8 Å². The zero-order valence-electron chi connectivity index (χ0n) is 17.9. The predicted molar refractivity (Wildman–Crippen MR) is 130 cm³/mol. The van der Waals surface area contributed by atoms with Crippen LogP contribution < -0.4 is 5.32 Å². The lowest BCUT2D eigenvalue weighted by atomic mass is 10.1. The number of rotatable bonds is 7. The van der Waals surface area contributed by atoms with Crippen molar-refractivity contribution >= 4 is 27.7 Å². The highest BCUT2D eigenvalue weighted by atomic mass is 16.1. The summed E-state index contributed by atoms with van der Waals surface area (Å²) in [7, 11) is 0. The molecule has 0 unspecified atom stereocenters. The molecule has 1 amide bonds. The minimum atomic E-state index is -0.0322. The van der Waals surface area contributed by atoms with Crippen molar-refractivity contribution in [2.24, 2.45) is 0 Å². The van der Waals surface area contributed by atoms with Crippen molar-refractivity contribution in [1.82, 2.24) is 14.9 Å². The van der Waals surface area contributed by atoms with Gasteiger partial charge in [-0.2, -0.15) is 0 Å². The number of carbonyl (C=O) groups is 1. The maximum atomic E-state index is 12.3. The second kappa shape index (κ2) is 9.06. The van der Waals surface area contributed by atoms with Gasteiger partial charge in [-0.15, -0.1) is 0 Å². The standard InChI is InChI=1S/C28H25N3O/c32-28(23-10-2-1-3-11-23)29-18-8-15-27-30-25-13-6-7-14-26(25)31(27)20-21-16-17-22-9-4-5-12-24(22)19-21/h1-7,9-14,16-17,19H,8,15,18,20H2,(H,29,32). The summed E-state index contributed by atoms with van der Waals surface area (Å²) in [4.78, 5) is 17.2. The summed E-state index contributed by atoms with van der Waals surface area (Å²) < 4.78 is 2.30. The van der Waals surface area contributed by atoms with Crippen LogP contribution in [0.3, 0.4) is 0 Å². The monoisotopic (exact) mass is 419 g/mol. The van der Waals surface area contributed by atoms with Crippen molar-refractivity contribution in [2.45, 2.75) is 19.4 Å². The molecule has 0 saturated carbocycles. The number of amides is 1. The summed E-state index contributed by atoms with van der Waals surface area (Å²) in [6, 6.07) is 32.7. The van der Waals surface area contributed by atoms with E-state index < -0.39 is 0 Å². The number of imidazole rings is 1. The first-order valence-corrected chi connectivity index (χ1v) is 11.0. The molecule has 5 aromatic rings. The van der Waals surface area contributed by atoms with Crippen LogP contribution in [0.1, 0.15) is 28.2 Å². The van der Waals surface area contributed by atoms with E-state index in [1.807, 2.05) is 36.4 Å². The number of hydrogen-bond donors (Lipinski definition) is 1. The Balaban J connectivity index is 1.33. The van der Waals surface area contributed by atoms with Gasteiger partial charge in [0.25, 0.3) is 5.91 Å². The molecular formula is C28H25N3O. The minimum absolute atomic E-state index is 0.0322. The average Bonchev–Trinajstić information content (AvgIpc) is 3.19. The Kier molecular flexibility index (Phi) is 5.67. The SMILES string of the molecule is O=C(NCCCc1nc2ccccc2n1Cc1ccc2ccccc2c1)c1ccccc1. The first kappa shape index (κ1) is 20.0. The van der Waals surface area contributed by atoms with Crippen LogP contribution in [0, 0.1) is 0 Å². The third-order valence-electron chi connectivity index (χ3n) is 5.79. The molecule has 0 aliphatic rings. The average molecular weight is 420 g/mol. The highest BCUT2D eigenvalue weighted by Crippen LogP contribution is 2.21. The number of hydrogen-bond acceptors (Lipinski definition) is 2. The van der Waals surface area contributed by atoms with E-state index in [1.54, 1.807) is 0 Å². The smallest absolute Gasteiger partial charge is 0.251 e. The number of aromatic nitrogens is 2. The van der Waals surface area contributed by atoms with Gasteiger partial charge in [-0.1, -0.05) is 66.7 Å². The van der Waals surface area contributed by atoms with E-state index in [4.69, 9.17) is 4.98 Å². The summed E-state index contributed by atoms with van der Waals surface area (Å²) in [5.74, 6) is 1.02. The molecule has 0 bridgehead atoms. The van der Waals surface area contributed by atoms with Crippen molar-refractivity contribution in [1.29, 1.82) is 0 Å². The Morgan fingerprint density at radius 2 is 1.56 bits per heavy atom. The van der Waals surface area contributed by atoms with E-state index >= 15 is 0 Å². The number of aryl methyl sites for hydroxylation is 1. The van der Waals surface area contributed by atoms with Crippen molar-refractivity contribution < 1.29 is 4.79 Å². The molecule has 5 rings (SSSR count). The normalized spacial score (nSPS) is 11.1. The van der Waals surface area contributed by atoms with Crippen LogP contribution in [0.15, 0.2) is 97.1 Å². The van der Waals surface area contributed by atoms with Crippen LogP contribution in [-0.4, -0.2) is 22.0 Å². The second-order valence-electron chi connectivity index (χ2n) is 8.01. The number of para-hydroxylation sites is 2. The molecule has 0 aliphatic carbocycles. The summed E-state index contributed by atoms with van der Waals surface area (Å²) >= 11 is 0. The van der Waals surface area contributed by atoms with Crippen LogP contribution >= 0.6 is 0 Å². The molecule has 0 saturated heterocycles. The van der Waals surface area contributed by atoms with Crippen LogP contribution in [-0.2, 0) is 13.0 Å². The number of carbonyl (C=O) groups excluding carboxylic acids is 1. The minimum Gasteiger partial charge on any atom is -0.352 e. The van der Waals surface area contributed by atoms with Crippen LogP contribution in [0.5, 0.6) is 0 Å². The van der Waals surface area contributed by atoms with Gasteiger partial charge in [0, 0.05) is 25.1 Å². The largest absolute Gasteiger partial charge is 0.352 e. The molecule has 0 atom stereocenters. The van der Waals surface area contributed by atoms with E-state index in [0.717, 1.165) is 36.2 Å². The highest BCUT2D eigenvalue weighted by molar-refractivity contribution is 5.94. The summed E-state index contributed by atoms with van der Waals surface area (Å²) in [5, 5.41) is 5.52. The molecule has 32 heavy (non-hydrogen) atoms. The van der Waals surface area contributed by atoms with Crippen molar-refractivity contribution in [3.8, 4) is 0 Å². The Morgan fingerprint density at radius 3 is 2.44 bits per heavy atom. The van der Waals surface area contributed by atoms with Crippen LogP contribution in [0.4, 0.5) is 0 Å². The molecule has 1 heterocycles. The molecular weight excluding hydrogens is 394 g/mol. The second-order valence-corrected chi connectivity index (χ2v) is 8.01. The quantitative estimate of drug-likeness (QED) is 0.349. The van der Waals surface area contributed by atoms with Gasteiger partial charge in [0.15, 0.2) is 0 Å². The van der Waals surface area contributed by atoms with Gasteiger partial charge < -0.3 is 9.88 Å². The molecule has 0 radical (unpaired) electrons. The van der Waals surface area contributed by atoms with E-state index in [9.17, 15) is 4.79 Å². The maximum Gasteiger partial charge on any atom is 0.251 e. The number of fused-ring (bicyclic) bond motifs is 2. The fourth-order valence-electron chi connectivity index (χ4n) is 4.15. The zero-order valence-corrected chi connectivity index (χ0v) is 17.9. The van der Waals surface area contributed by atoms with Crippen molar-refractivity contribution in [2.75, 3.05) is 6.54 Å². The third-order valence-corrected chi connectivity index (χ3v) is 5.79. The Hall–Kier alpha value is -3.92. The molecule has 4 heteroatoms. The van der Waals surface area contributed by atoms with Crippen molar-refractivity contribution in [3.63, 3.8) is 0 Å². The molecule has 4 aromatic carbocycles. The lowest BCUT2D eigenvalue weighted by Gasteiger charge is -2.11. The fraction of sp³-hybridized carbons (Fsp3) is 0.143. The van der Waals surface area contributed by atoms with Crippen molar-refractivity contribution in [3.05, 3.63) is 114 Å². The molecule has 0 aliphatic heterocycles. The molecule has 0 spiro atoms. The zero-order chi connectivity index (χ0) is 21.8. The Labute approximate surface area is 187 Å². The van der Waals surface area contributed by atoms with Gasteiger partial charge in [0.05, 0.1) is 11.0 Å². The van der Waals surface area contributed by atoms with Gasteiger partial charge in [0.2, 0.25) is 0 Å². The molecule has 4 nitrogen and oxygen atoms in total. The Morgan fingerprint density at radius 1 is 0.812 bits per heavy atom. The fourth-order valence-corrected chi connectivity index (χ4v) is 4.15. The van der Waals surface area contributed by atoms with E-state index in [0.29, 0.717) is 12.1 Å². The number of nitrogens with zero attached hydrogens (tertiary/aromatic N) is 2. The first-order chi connectivity index (χ1) is 15.8. The summed E-state index contributed by atoms with van der Waals surface area (Å²) in [5.41, 5.74) is 4.10. The first-order valence-electron chi connectivity index (χ1n) is 11.0. The van der Waals surface area contributed by atoms with Gasteiger partial charge in [0.1, 0.15) is 5.82 Å². The van der Waals surface area contributed by atoms with Gasteiger partial charge in [-0.3, -0.25) is 4.79 Å². The maximum absolute atomic E-state index is 12.3. The molecule has 1 aromatic heterocycles. The molecule has 0 fully saturated rings. The van der Waals surface area contributed by atoms with E-state index in [-0.39, 0.29) is 5.91 Å². The Bertz CT molecular complexity index is 1370. The lowest BCUT2D eigenvalue weighted by molar-refractivity contribution is 0.0953. The lowest BCUT2D eigenvalue weighted by Crippen LogP contribution is -2.24. The summed E-state index contributed by atoms with van der Waals surface area (Å²) in [6.07, 6.45) is 1.64. The topological polar surface area (TPSA) is 46.9 Å². The predicted octanol–water partition coefficient (Wildman–Crippen LogP) is 5.60. The number of nitrogens with one attached hydrogen (secondary N) is 1. The van der Waals surface area contributed by atoms with Gasteiger partial charge in [-0.25, -0.2) is 4.98 Å². The van der Waals surface area contributed by atoms with E-state index in [1.165, 1.54) is 16.3 Å². The van der Waals surface area contributed by atoms with Gasteiger partial charge in [-0.05, 0) is 53.1 Å². The van der Waals surface area contributed by atoms with E-state index in [2.05, 4.69) is 70.5 Å². The number of benzene rings is 4. The van der Waals surface area contributed by atoms with Crippen LogP contribution in [0.2, 0.25) is 0 Å². The third kappa shape index (κ3) is 4.26. The molecule has 1 N–H and O–H groups in total. The highest BCUT2D eigenvalue weighted by Gasteiger charge is 2.12. The molecule has 158 valence electrons. The van der Waals surface area contributed by atoms with Gasteiger partial charge >= 0.3 is 0 Å².